The molecule has 1 N–H and O–H groups in total. The number of hydrogen-bond donors (Lipinski definition) is 1. The zero-order valence-electron chi connectivity index (χ0n) is 11.9. The predicted molar refractivity (Wildman–Crippen MR) is 78.9 cm³/mol. The second-order valence-corrected chi connectivity index (χ2v) is 7.00. The first-order chi connectivity index (χ1) is 10.4. The number of benzene rings is 1. The van der Waals surface area contributed by atoms with Crippen molar-refractivity contribution in [2.24, 2.45) is 7.05 Å². The molecule has 1 aromatic carbocycles. The lowest BCUT2D eigenvalue weighted by molar-refractivity contribution is 0.557. The van der Waals surface area contributed by atoms with Crippen LogP contribution in [-0.4, -0.2) is 19.0 Å². The molecule has 1 fully saturated rings. The van der Waals surface area contributed by atoms with Gasteiger partial charge in [-0.15, -0.1) is 0 Å². The second-order valence-electron chi connectivity index (χ2n) is 5.32. The molecule has 0 bridgehead atoms. The van der Waals surface area contributed by atoms with Crippen LogP contribution in [0.5, 0.6) is 0 Å². The Morgan fingerprint density at radius 3 is 2.59 bits per heavy atom. The molecule has 5 nitrogen and oxygen atoms in total. The maximum atomic E-state index is 14.2. The van der Waals surface area contributed by atoms with E-state index in [1.54, 1.807) is 29.8 Å². The fraction of sp³-hybridized carbons (Fsp3) is 0.267. The Labute approximate surface area is 128 Å². The van der Waals surface area contributed by atoms with Crippen molar-refractivity contribution in [2.75, 3.05) is 0 Å². The summed E-state index contributed by atoms with van der Waals surface area (Å²) in [5, 5.41) is 8.94. The van der Waals surface area contributed by atoms with Gasteiger partial charge in [-0.1, -0.05) is 6.07 Å². The minimum atomic E-state index is -3.82. The van der Waals surface area contributed by atoms with Gasteiger partial charge in [0.1, 0.15) is 22.5 Å². The van der Waals surface area contributed by atoms with E-state index in [0.717, 1.165) is 12.8 Å². The van der Waals surface area contributed by atoms with Gasteiger partial charge in [0, 0.05) is 24.3 Å². The lowest BCUT2D eigenvalue weighted by Gasteiger charge is -2.09. The van der Waals surface area contributed by atoms with Crippen molar-refractivity contribution in [3.05, 3.63) is 41.8 Å². The second kappa shape index (κ2) is 5.23. The molecule has 114 valence electrons. The number of halogens is 1. The van der Waals surface area contributed by atoms with Gasteiger partial charge in [0.2, 0.25) is 10.0 Å². The first kappa shape index (κ1) is 14.8. The van der Waals surface area contributed by atoms with Crippen LogP contribution in [0.1, 0.15) is 18.5 Å². The van der Waals surface area contributed by atoms with Gasteiger partial charge in [0.15, 0.2) is 0 Å². The van der Waals surface area contributed by atoms with Gasteiger partial charge in [-0.25, -0.2) is 17.5 Å². The zero-order valence-corrected chi connectivity index (χ0v) is 12.7. The van der Waals surface area contributed by atoms with Crippen LogP contribution in [0.3, 0.4) is 0 Å². The van der Waals surface area contributed by atoms with Crippen LogP contribution in [0.25, 0.3) is 11.3 Å². The van der Waals surface area contributed by atoms with Gasteiger partial charge in [0.05, 0.1) is 0 Å². The highest BCUT2D eigenvalue weighted by atomic mass is 32.2. The van der Waals surface area contributed by atoms with Crippen molar-refractivity contribution in [1.82, 2.24) is 9.29 Å². The van der Waals surface area contributed by atoms with Crippen molar-refractivity contribution in [3.8, 4) is 17.3 Å². The molecule has 22 heavy (non-hydrogen) atoms. The molecule has 0 aliphatic heterocycles. The Balaban J connectivity index is 1.98. The molecule has 0 unspecified atom stereocenters. The van der Waals surface area contributed by atoms with Gasteiger partial charge in [-0.05, 0) is 37.1 Å². The van der Waals surface area contributed by atoms with Crippen LogP contribution in [0.4, 0.5) is 4.39 Å². The summed E-state index contributed by atoms with van der Waals surface area (Å²) in [6.07, 6.45) is 1.58. The van der Waals surface area contributed by atoms with E-state index in [9.17, 15) is 12.8 Å². The summed E-state index contributed by atoms with van der Waals surface area (Å²) in [5.74, 6) is -0.801. The molecule has 2 aromatic rings. The molecule has 0 radical (unpaired) electrons. The highest BCUT2D eigenvalue weighted by Gasteiger charge is 2.29. The van der Waals surface area contributed by atoms with Crippen LogP contribution in [0, 0.1) is 17.1 Å². The minimum Gasteiger partial charge on any atom is -0.335 e. The monoisotopic (exact) mass is 319 g/mol. The smallest absolute Gasteiger partial charge is 0.243 e. The molecule has 0 saturated heterocycles. The maximum Gasteiger partial charge on any atom is 0.243 e. The zero-order chi connectivity index (χ0) is 15.9. The molecular weight excluding hydrogens is 305 g/mol. The summed E-state index contributed by atoms with van der Waals surface area (Å²) in [4.78, 5) is -0.349. The minimum absolute atomic E-state index is 0.0739. The lowest BCUT2D eigenvalue weighted by Crippen LogP contribution is -2.26. The number of nitrogens with one attached hydrogen (secondary N) is 1. The normalized spacial score (nSPS) is 14.8. The number of rotatable bonds is 4. The fourth-order valence-corrected chi connectivity index (χ4v) is 3.64. The standard InChI is InChI=1S/C15H14FN3O2S/c1-19-12(9-17)5-6-14(19)10-2-7-15(13(16)8-10)22(20,21)18-11-3-4-11/h2,5-8,11,18H,3-4H2,1H3. The summed E-state index contributed by atoms with van der Waals surface area (Å²) in [7, 11) is -2.12. The third-order valence-corrected chi connectivity index (χ3v) is 5.21. The molecule has 1 aliphatic rings. The van der Waals surface area contributed by atoms with E-state index >= 15 is 0 Å². The number of nitriles is 1. The average molecular weight is 319 g/mol. The van der Waals surface area contributed by atoms with E-state index in [-0.39, 0.29) is 10.9 Å². The van der Waals surface area contributed by atoms with Gasteiger partial charge in [0.25, 0.3) is 0 Å². The third kappa shape index (κ3) is 2.63. The lowest BCUT2D eigenvalue weighted by atomic mass is 10.1. The Morgan fingerprint density at radius 2 is 2.05 bits per heavy atom. The Bertz CT molecular complexity index is 877. The van der Waals surface area contributed by atoms with Gasteiger partial charge < -0.3 is 4.57 Å². The number of nitrogens with zero attached hydrogens (tertiary/aromatic N) is 2. The molecule has 0 amide bonds. The third-order valence-electron chi connectivity index (χ3n) is 3.65. The summed E-state index contributed by atoms with van der Waals surface area (Å²) < 4.78 is 42.5. The fourth-order valence-electron chi connectivity index (χ4n) is 2.28. The van der Waals surface area contributed by atoms with Crippen molar-refractivity contribution in [2.45, 2.75) is 23.8 Å². The van der Waals surface area contributed by atoms with Crippen LogP contribution in [0.15, 0.2) is 35.2 Å². The SMILES string of the molecule is Cn1c(C#N)ccc1-c1ccc(S(=O)(=O)NC2CC2)c(F)c1. The highest BCUT2D eigenvalue weighted by Crippen LogP contribution is 2.27. The molecule has 1 saturated carbocycles. The van der Waals surface area contributed by atoms with E-state index < -0.39 is 15.8 Å². The first-order valence-corrected chi connectivity index (χ1v) is 8.29. The van der Waals surface area contributed by atoms with E-state index in [2.05, 4.69) is 4.72 Å². The van der Waals surface area contributed by atoms with E-state index in [1.807, 2.05) is 6.07 Å². The average Bonchev–Trinajstić information content (AvgIpc) is 3.18. The van der Waals surface area contributed by atoms with Crippen LogP contribution in [0.2, 0.25) is 0 Å². The first-order valence-electron chi connectivity index (χ1n) is 6.80. The quantitative estimate of drug-likeness (QED) is 0.938. The largest absolute Gasteiger partial charge is 0.335 e. The number of hydrogen-bond acceptors (Lipinski definition) is 3. The summed E-state index contributed by atoms with van der Waals surface area (Å²) >= 11 is 0. The van der Waals surface area contributed by atoms with E-state index in [4.69, 9.17) is 5.26 Å². The topological polar surface area (TPSA) is 74.9 Å². The van der Waals surface area contributed by atoms with E-state index in [1.165, 1.54) is 12.1 Å². The molecule has 7 heteroatoms. The Hall–Kier alpha value is -2.17. The Morgan fingerprint density at radius 1 is 1.32 bits per heavy atom. The molecule has 1 heterocycles. The van der Waals surface area contributed by atoms with Crippen molar-refractivity contribution >= 4 is 10.0 Å². The summed E-state index contributed by atoms with van der Waals surface area (Å²) in [6.45, 7) is 0. The molecule has 1 aliphatic carbocycles. The van der Waals surface area contributed by atoms with Gasteiger partial charge in [-0.2, -0.15) is 5.26 Å². The predicted octanol–water partition coefficient (Wildman–Crippen LogP) is 2.14. The van der Waals surface area contributed by atoms with Crippen LogP contribution >= 0.6 is 0 Å². The number of sulfonamides is 1. The maximum absolute atomic E-state index is 14.2. The molecule has 1 aromatic heterocycles. The number of aromatic nitrogens is 1. The van der Waals surface area contributed by atoms with E-state index in [0.29, 0.717) is 17.0 Å². The summed E-state index contributed by atoms with van der Waals surface area (Å²) in [6, 6.07) is 9.26. The van der Waals surface area contributed by atoms with Crippen molar-refractivity contribution in [3.63, 3.8) is 0 Å². The highest BCUT2D eigenvalue weighted by molar-refractivity contribution is 7.89. The van der Waals surface area contributed by atoms with Crippen LogP contribution in [-0.2, 0) is 17.1 Å². The van der Waals surface area contributed by atoms with Crippen LogP contribution < -0.4 is 4.72 Å². The van der Waals surface area contributed by atoms with Gasteiger partial charge in [-0.3, -0.25) is 0 Å². The molecule has 3 rings (SSSR count). The van der Waals surface area contributed by atoms with Crippen molar-refractivity contribution in [1.29, 1.82) is 5.26 Å². The Kier molecular flexibility index (Phi) is 3.51. The van der Waals surface area contributed by atoms with Crippen molar-refractivity contribution < 1.29 is 12.8 Å². The molecule has 0 atom stereocenters. The summed E-state index contributed by atoms with van der Waals surface area (Å²) in [5.41, 5.74) is 1.61. The molecule has 0 spiro atoms. The molecular formula is C15H14FN3O2S. The van der Waals surface area contributed by atoms with Gasteiger partial charge >= 0.3 is 0 Å².